The smallest absolute Gasteiger partial charge is 0.175 e. The van der Waals surface area contributed by atoms with Crippen molar-refractivity contribution >= 4 is 9.84 Å². The first kappa shape index (κ1) is 14.2. The lowest BCUT2D eigenvalue weighted by molar-refractivity contribution is 0.400. The summed E-state index contributed by atoms with van der Waals surface area (Å²) in [4.78, 5) is 2.48. The molecule has 5 heteroatoms. The Balaban J connectivity index is 2.46. The molecule has 96 valence electrons. The lowest BCUT2D eigenvalue weighted by Gasteiger charge is -2.10. The van der Waals surface area contributed by atoms with E-state index in [9.17, 15) is 8.42 Å². The van der Waals surface area contributed by atoms with Crippen LogP contribution in [-0.4, -0.2) is 46.8 Å². The Morgan fingerprint density at radius 2 is 1.76 bits per heavy atom. The Morgan fingerprint density at radius 3 is 2.24 bits per heavy atom. The Bertz CT molecular complexity index is 438. The zero-order valence-electron chi connectivity index (χ0n) is 10.6. The van der Waals surface area contributed by atoms with Crippen LogP contribution in [0.15, 0.2) is 29.2 Å². The van der Waals surface area contributed by atoms with E-state index in [4.69, 9.17) is 0 Å². The Morgan fingerprint density at radius 1 is 1.18 bits per heavy atom. The maximum Gasteiger partial charge on any atom is 0.175 e. The molecule has 0 aliphatic carbocycles. The first-order chi connectivity index (χ1) is 7.89. The number of benzene rings is 1. The summed E-state index contributed by atoms with van der Waals surface area (Å²) in [7, 11) is 0.978. The van der Waals surface area contributed by atoms with Gasteiger partial charge < -0.3 is 10.2 Å². The first-order valence-electron chi connectivity index (χ1n) is 5.54. The number of likely N-dealkylation sites (N-methyl/N-ethyl adjacent to an activating group) is 1. The molecule has 0 spiro atoms. The van der Waals surface area contributed by atoms with E-state index in [1.807, 2.05) is 26.2 Å². The molecule has 1 aromatic rings. The molecule has 0 atom stereocenters. The number of nitrogens with zero attached hydrogens (tertiary/aromatic N) is 1. The normalized spacial score (nSPS) is 12.0. The van der Waals surface area contributed by atoms with E-state index in [2.05, 4.69) is 10.2 Å². The lowest BCUT2D eigenvalue weighted by atomic mass is 10.2. The van der Waals surface area contributed by atoms with Crippen LogP contribution in [0.5, 0.6) is 0 Å². The van der Waals surface area contributed by atoms with Gasteiger partial charge in [0.15, 0.2) is 9.84 Å². The largest absolute Gasteiger partial charge is 0.311 e. The number of nitrogens with one attached hydrogen (secondary N) is 1. The van der Waals surface area contributed by atoms with Crippen LogP contribution in [0.25, 0.3) is 0 Å². The van der Waals surface area contributed by atoms with E-state index in [-0.39, 0.29) is 0 Å². The fraction of sp³-hybridized carbons (Fsp3) is 0.500. The van der Waals surface area contributed by atoms with Crippen LogP contribution in [0, 0.1) is 0 Å². The van der Waals surface area contributed by atoms with E-state index in [1.54, 1.807) is 12.1 Å². The molecule has 17 heavy (non-hydrogen) atoms. The first-order valence-corrected chi connectivity index (χ1v) is 7.43. The number of sulfone groups is 1. The summed E-state index contributed by atoms with van der Waals surface area (Å²) >= 11 is 0. The highest BCUT2D eigenvalue weighted by atomic mass is 32.2. The SMILES string of the molecule is CN(C)CCNCc1ccc(S(C)(=O)=O)cc1. The summed E-state index contributed by atoms with van der Waals surface area (Å²) in [5.74, 6) is 0. The van der Waals surface area contributed by atoms with Gasteiger partial charge in [-0.2, -0.15) is 0 Å². The minimum absolute atomic E-state index is 0.370. The molecule has 0 aliphatic rings. The molecular weight excluding hydrogens is 236 g/mol. The lowest BCUT2D eigenvalue weighted by Crippen LogP contribution is -2.26. The minimum Gasteiger partial charge on any atom is -0.311 e. The van der Waals surface area contributed by atoms with Gasteiger partial charge in [0.1, 0.15) is 0 Å². The van der Waals surface area contributed by atoms with E-state index < -0.39 is 9.84 Å². The van der Waals surface area contributed by atoms with E-state index in [1.165, 1.54) is 6.26 Å². The second kappa shape index (κ2) is 6.14. The molecule has 1 rings (SSSR count). The standard InChI is InChI=1S/C12H20N2O2S/c1-14(2)9-8-13-10-11-4-6-12(7-5-11)17(3,15)16/h4-7,13H,8-10H2,1-3H3. The van der Waals surface area contributed by atoms with Crippen molar-refractivity contribution in [3.8, 4) is 0 Å². The van der Waals surface area contributed by atoms with Gasteiger partial charge in [0, 0.05) is 25.9 Å². The predicted octanol–water partition coefficient (Wildman–Crippen LogP) is 0.741. The number of rotatable bonds is 6. The molecule has 1 aromatic carbocycles. The van der Waals surface area contributed by atoms with Crippen molar-refractivity contribution in [3.63, 3.8) is 0 Å². The highest BCUT2D eigenvalue weighted by Crippen LogP contribution is 2.09. The van der Waals surface area contributed by atoms with Gasteiger partial charge in [0.05, 0.1) is 4.90 Å². The van der Waals surface area contributed by atoms with Crippen LogP contribution >= 0.6 is 0 Å². The van der Waals surface area contributed by atoms with Gasteiger partial charge >= 0.3 is 0 Å². The van der Waals surface area contributed by atoms with E-state index >= 15 is 0 Å². The zero-order valence-corrected chi connectivity index (χ0v) is 11.4. The molecule has 0 radical (unpaired) electrons. The molecule has 0 heterocycles. The third kappa shape index (κ3) is 5.30. The average molecular weight is 256 g/mol. The monoisotopic (exact) mass is 256 g/mol. The average Bonchev–Trinajstić information content (AvgIpc) is 2.23. The Hall–Kier alpha value is -0.910. The summed E-state index contributed by atoms with van der Waals surface area (Å²) in [6.45, 7) is 2.67. The molecule has 4 nitrogen and oxygen atoms in total. The summed E-state index contributed by atoms with van der Waals surface area (Å²) in [5.41, 5.74) is 1.09. The molecule has 0 aromatic heterocycles. The van der Waals surface area contributed by atoms with Crippen LogP contribution in [0.1, 0.15) is 5.56 Å². The van der Waals surface area contributed by atoms with Gasteiger partial charge in [0.2, 0.25) is 0 Å². The Labute approximate surface area is 104 Å². The van der Waals surface area contributed by atoms with Crippen LogP contribution in [-0.2, 0) is 16.4 Å². The van der Waals surface area contributed by atoms with Gasteiger partial charge in [-0.3, -0.25) is 0 Å². The van der Waals surface area contributed by atoms with Gasteiger partial charge in [-0.05, 0) is 31.8 Å². The van der Waals surface area contributed by atoms with Gasteiger partial charge in [-0.15, -0.1) is 0 Å². The summed E-state index contributed by atoms with van der Waals surface area (Å²) in [5, 5.41) is 3.30. The fourth-order valence-corrected chi connectivity index (χ4v) is 2.02. The second-order valence-corrected chi connectivity index (χ2v) is 6.41. The summed E-state index contributed by atoms with van der Waals surface area (Å²) in [6.07, 6.45) is 1.22. The highest BCUT2D eigenvalue weighted by Gasteiger charge is 2.05. The zero-order chi connectivity index (χ0) is 12.9. The predicted molar refractivity (Wildman–Crippen MR) is 69.8 cm³/mol. The number of hydrogen-bond acceptors (Lipinski definition) is 4. The van der Waals surface area contributed by atoms with Crippen molar-refractivity contribution in [2.75, 3.05) is 33.4 Å². The molecule has 0 saturated heterocycles. The summed E-state index contributed by atoms with van der Waals surface area (Å²) in [6, 6.07) is 6.99. The molecule has 0 aliphatic heterocycles. The molecular formula is C12H20N2O2S. The van der Waals surface area contributed by atoms with Crippen LogP contribution in [0.4, 0.5) is 0 Å². The van der Waals surface area contributed by atoms with Crippen molar-refractivity contribution in [1.29, 1.82) is 0 Å². The van der Waals surface area contributed by atoms with Crippen molar-refractivity contribution in [1.82, 2.24) is 10.2 Å². The molecule has 0 saturated carbocycles. The van der Waals surface area contributed by atoms with Gasteiger partial charge in [-0.1, -0.05) is 12.1 Å². The van der Waals surface area contributed by atoms with Crippen LogP contribution < -0.4 is 5.32 Å². The highest BCUT2D eigenvalue weighted by molar-refractivity contribution is 7.90. The quantitative estimate of drug-likeness (QED) is 0.763. The van der Waals surface area contributed by atoms with Gasteiger partial charge in [0.25, 0.3) is 0 Å². The minimum atomic E-state index is -3.08. The molecule has 0 bridgehead atoms. The molecule has 0 fully saturated rings. The van der Waals surface area contributed by atoms with Gasteiger partial charge in [-0.25, -0.2) is 8.42 Å². The van der Waals surface area contributed by atoms with Crippen LogP contribution in [0.3, 0.4) is 0 Å². The maximum absolute atomic E-state index is 11.3. The van der Waals surface area contributed by atoms with Crippen molar-refractivity contribution < 1.29 is 8.42 Å². The van der Waals surface area contributed by atoms with Crippen molar-refractivity contribution in [3.05, 3.63) is 29.8 Å². The van der Waals surface area contributed by atoms with E-state index in [0.717, 1.165) is 25.2 Å². The van der Waals surface area contributed by atoms with Crippen molar-refractivity contribution in [2.24, 2.45) is 0 Å². The number of hydrogen-bond donors (Lipinski definition) is 1. The molecule has 0 amide bonds. The fourth-order valence-electron chi connectivity index (χ4n) is 1.39. The third-order valence-electron chi connectivity index (χ3n) is 2.42. The summed E-state index contributed by atoms with van der Waals surface area (Å²) < 4.78 is 22.5. The topological polar surface area (TPSA) is 49.4 Å². The van der Waals surface area contributed by atoms with E-state index in [0.29, 0.717) is 4.90 Å². The van der Waals surface area contributed by atoms with Crippen molar-refractivity contribution in [2.45, 2.75) is 11.4 Å². The third-order valence-corrected chi connectivity index (χ3v) is 3.54. The second-order valence-electron chi connectivity index (χ2n) is 4.40. The van der Waals surface area contributed by atoms with Crippen LogP contribution in [0.2, 0.25) is 0 Å². The molecule has 0 unspecified atom stereocenters. The Kier molecular flexibility index (Phi) is 5.11. The molecule has 1 N–H and O–H groups in total. The maximum atomic E-state index is 11.3.